The maximum atomic E-state index is 11.7. The van der Waals surface area contributed by atoms with Crippen molar-refractivity contribution in [3.63, 3.8) is 0 Å². The van der Waals surface area contributed by atoms with Gasteiger partial charge in [-0.1, -0.05) is 67.4 Å². The summed E-state index contributed by atoms with van der Waals surface area (Å²) in [6.07, 6.45) is 4.65. The summed E-state index contributed by atoms with van der Waals surface area (Å²) in [5, 5.41) is 11.7. The van der Waals surface area contributed by atoms with Crippen molar-refractivity contribution in [1.29, 1.82) is 0 Å². The van der Waals surface area contributed by atoms with Gasteiger partial charge in [0.2, 0.25) is 0 Å². The molecule has 0 radical (unpaired) electrons. The van der Waals surface area contributed by atoms with Gasteiger partial charge in [0, 0.05) is 24.7 Å². The minimum absolute atomic E-state index is 0.427. The summed E-state index contributed by atoms with van der Waals surface area (Å²) in [6, 6.07) is 22.6. The van der Waals surface area contributed by atoms with Crippen LogP contribution in [0.3, 0.4) is 0 Å². The predicted octanol–water partition coefficient (Wildman–Crippen LogP) is 5.11. The molecule has 1 aliphatic carbocycles. The lowest BCUT2D eigenvalue weighted by molar-refractivity contribution is -0.910. The molecular formula is C29H31N2O+. The van der Waals surface area contributed by atoms with E-state index in [4.69, 9.17) is 0 Å². The summed E-state index contributed by atoms with van der Waals surface area (Å²) >= 11 is 0. The molecule has 3 heteroatoms. The first-order valence-corrected chi connectivity index (χ1v) is 11.8. The van der Waals surface area contributed by atoms with Crippen molar-refractivity contribution in [3.8, 4) is 23.0 Å². The van der Waals surface area contributed by atoms with Crippen molar-refractivity contribution >= 4 is 0 Å². The zero-order valence-electron chi connectivity index (χ0n) is 18.8. The Kier molecular flexibility index (Phi) is 5.59. The minimum Gasteiger partial charge on any atom is -0.379 e. The van der Waals surface area contributed by atoms with Gasteiger partial charge in [0.1, 0.15) is 12.1 Å². The summed E-state index contributed by atoms with van der Waals surface area (Å²) in [5.74, 6) is 7.38. The highest BCUT2D eigenvalue weighted by Crippen LogP contribution is 2.48. The van der Waals surface area contributed by atoms with Crippen LogP contribution in [0.5, 0.6) is 0 Å². The number of aliphatic hydroxyl groups is 1. The third kappa shape index (κ3) is 3.64. The number of nitrogens with zero attached hydrogens (tertiary/aromatic N) is 2. The van der Waals surface area contributed by atoms with Gasteiger partial charge in [0.05, 0.1) is 25.6 Å². The van der Waals surface area contributed by atoms with Crippen LogP contribution in [0.15, 0.2) is 72.9 Å². The molecule has 162 valence electrons. The summed E-state index contributed by atoms with van der Waals surface area (Å²) in [4.78, 5) is 4.61. The van der Waals surface area contributed by atoms with Gasteiger partial charge < -0.3 is 9.59 Å². The molecule has 1 aromatic heterocycles. The number of hydrogen-bond donors (Lipinski definition) is 1. The molecule has 3 nitrogen and oxygen atoms in total. The van der Waals surface area contributed by atoms with Crippen molar-refractivity contribution in [2.45, 2.75) is 37.7 Å². The second-order valence-electron chi connectivity index (χ2n) is 9.35. The molecular weight excluding hydrogens is 392 g/mol. The third-order valence-electron chi connectivity index (χ3n) is 7.28. The largest absolute Gasteiger partial charge is 0.379 e. The van der Waals surface area contributed by atoms with E-state index in [1.54, 1.807) is 0 Å². The number of pyridine rings is 1. The van der Waals surface area contributed by atoms with E-state index in [0.717, 1.165) is 59.3 Å². The topological polar surface area (TPSA) is 33.1 Å². The van der Waals surface area contributed by atoms with E-state index >= 15 is 0 Å². The van der Waals surface area contributed by atoms with Crippen molar-refractivity contribution in [3.05, 3.63) is 89.7 Å². The first-order chi connectivity index (χ1) is 15.7. The Bertz CT molecular complexity index is 1110. The molecule has 2 heterocycles. The molecule has 0 bridgehead atoms. The number of fused-ring (bicyclic) bond motifs is 3. The Morgan fingerprint density at radius 1 is 0.969 bits per heavy atom. The third-order valence-corrected chi connectivity index (χ3v) is 7.28. The molecule has 1 fully saturated rings. The van der Waals surface area contributed by atoms with Crippen molar-refractivity contribution < 1.29 is 9.59 Å². The average molecular weight is 424 g/mol. The summed E-state index contributed by atoms with van der Waals surface area (Å²) in [7, 11) is 0. The number of rotatable bonds is 5. The van der Waals surface area contributed by atoms with Gasteiger partial charge in [0.15, 0.2) is 0 Å². The van der Waals surface area contributed by atoms with Crippen LogP contribution in [-0.2, 0) is 5.60 Å². The van der Waals surface area contributed by atoms with Crippen LogP contribution in [0.2, 0.25) is 0 Å². The second kappa shape index (κ2) is 8.54. The highest BCUT2D eigenvalue weighted by molar-refractivity contribution is 5.80. The van der Waals surface area contributed by atoms with Crippen molar-refractivity contribution in [2.75, 3.05) is 26.2 Å². The zero-order valence-corrected chi connectivity index (χ0v) is 18.8. The molecule has 1 aliphatic heterocycles. The monoisotopic (exact) mass is 423 g/mol. The fraction of sp³-hybridized carbons (Fsp3) is 0.345. The van der Waals surface area contributed by atoms with Crippen LogP contribution in [-0.4, -0.2) is 40.8 Å². The molecule has 5 rings (SSSR count). The Morgan fingerprint density at radius 2 is 1.66 bits per heavy atom. The van der Waals surface area contributed by atoms with Crippen molar-refractivity contribution in [2.24, 2.45) is 0 Å². The molecule has 2 unspecified atom stereocenters. The van der Waals surface area contributed by atoms with E-state index in [2.05, 4.69) is 48.0 Å². The maximum Gasteiger partial charge on any atom is 0.140 e. The highest BCUT2D eigenvalue weighted by Gasteiger charge is 2.41. The van der Waals surface area contributed by atoms with Crippen molar-refractivity contribution in [1.82, 2.24) is 4.98 Å². The van der Waals surface area contributed by atoms with E-state index in [1.165, 1.54) is 12.1 Å². The van der Waals surface area contributed by atoms with Crippen LogP contribution in [0.1, 0.15) is 48.9 Å². The van der Waals surface area contributed by atoms with Crippen LogP contribution >= 0.6 is 0 Å². The Labute approximate surface area is 191 Å². The van der Waals surface area contributed by atoms with Crippen LogP contribution in [0.25, 0.3) is 11.1 Å². The quantitative estimate of drug-likeness (QED) is 0.457. The van der Waals surface area contributed by atoms with Gasteiger partial charge >= 0.3 is 0 Å². The Morgan fingerprint density at radius 3 is 2.31 bits per heavy atom. The van der Waals surface area contributed by atoms with E-state index in [1.807, 2.05) is 48.7 Å². The average Bonchev–Trinajstić information content (AvgIpc) is 3.37. The maximum absolute atomic E-state index is 11.7. The molecule has 0 amide bonds. The first kappa shape index (κ1) is 20.9. The summed E-state index contributed by atoms with van der Waals surface area (Å²) < 4.78 is 1.04. The van der Waals surface area contributed by atoms with Gasteiger partial charge in [-0.05, 0) is 46.7 Å². The highest BCUT2D eigenvalue weighted by atomic mass is 16.3. The van der Waals surface area contributed by atoms with E-state index in [0.29, 0.717) is 12.3 Å². The molecule has 3 aromatic rings. The second-order valence-corrected chi connectivity index (χ2v) is 9.35. The molecule has 0 saturated carbocycles. The van der Waals surface area contributed by atoms with Gasteiger partial charge in [0.25, 0.3) is 0 Å². The fourth-order valence-electron chi connectivity index (χ4n) is 5.75. The van der Waals surface area contributed by atoms with E-state index in [-0.39, 0.29) is 0 Å². The smallest absolute Gasteiger partial charge is 0.140 e. The molecule has 1 N–H and O–H groups in total. The first-order valence-electron chi connectivity index (χ1n) is 11.8. The number of aromatic nitrogens is 1. The molecule has 2 atom stereocenters. The minimum atomic E-state index is -1.03. The van der Waals surface area contributed by atoms with E-state index in [9.17, 15) is 5.11 Å². The summed E-state index contributed by atoms with van der Waals surface area (Å²) in [6.45, 7) is 6.51. The standard InChI is InChI=1S/C29H31N2O/c1-2-19-31(21-16-23(22-31)28-15-7-9-18-30-28)20-10-8-17-29(32)26-13-5-3-11-24(26)25-12-4-6-14-27(25)29/h3-7,9,11-15,18,23,32H,2,16-17,19-22H2,1H3/q+1. The lowest BCUT2D eigenvalue weighted by Crippen LogP contribution is -2.46. The number of hydrogen-bond acceptors (Lipinski definition) is 2. The number of likely N-dealkylation sites (tertiary alicyclic amines) is 1. The van der Waals surface area contributed by atoms with E-state index < -0.39 is 5.60 Å². The lowest BCUT2D eigenvalue weighted by atomic mass is 9.88. The van der Waals surface area contributed by atoms with Gasteiger partial charge in [-0.25, -0.2) is 0 Å². The van der Waals surface area contributed by atoms with Gasteiger partial charge in [-0.3, -0.25) is 4.98 Å². The molecule has 2 aromatic carbocycles. The van der Waals surface area contributed by atoms with Gasteiger partial charge in [-0.2, -0.15) is 0 Å². The lowest BCUT2D eigenvalue weighted by Gasteiger charge is -2.32. The molecule has 1 saturated heterocycles. The molecule has 0 spiro atoms. The van der Waals surface area contributed by atoms with Crippen LogP contribution < -0.4 is 0 Å². The number of benzene rings is 2. The zero-order chi connectivity index (χ0) is 22.0. The summed E-state index contributed by atoms with van der Waals surface area (Å²) in [5.41, 5.74) is 4.38. The van der Waals surface area contributed by atoms with Crippen LogP contribution in [0.4, 0.5) is 0 Å². The van der Waals surface area contributed by atoms with Crippen LogP contribution in [0, 0.1) is 11.8 Å². The predicted molar refractivity (Wildman–Crippen MR) is 129 cm³/mol. The Balaban J connectivity index is 1.35. The van der Waals surface area contributed by atoms with Gasteiger partial charge in [-0.15, -0.1) is 0 Å². The number of quaternary nitrogens is 1. The SMILES string of the molecule is CCC[N+]1(CC#CCC2(O)c3ccccc3-c3ccccc32)CCC(c2ccccn2)C1. The molecule has 2 aliphatic rings. The fourth-order valence-corrected chi connectivity index (χ4v) is 5.75. The Hall–Kier alpha value is -2.93. The molecule has 32 heavy (non-hydrogen) atoms. The normalized spacial score (nSPS) is 22.6.